The number of ether oxygens (including phenoxy) is 1. The third-order valence-corrected chi connectivity index (χ3v) is 2.34. The van der Waals surface area contributed by atoms with Crippen molar-refractivity contribution < 1.29 is 4.74 Å². The summed E-state index contributed by atoms with van der Waals surface area (Å²) in [7, 11) is 0. The SMILES string of the molecule is CCC(C)Oc1c(C)cc(C)cc1N. The van der Waals surface area contributed by atoms with Gasteiger partial charge in [0.25, 0.3) is 0 Å². The second kappa shape index (κ2) is 4.36. The van der Waals surface area contributed by atoms with Crippen LogP contribution in [0.5, 0.6) is 5.75 Å². The molecule has 2 heteroatoms. The van der Waals surface area contributed by atoms with Crippen LogP contribution < -0.4 is 10.5 Å². The van der Waals surface area contributed by atoms with E-state index in [1.165, 1.54) is 5.56 Å². The Morgan fingerprint density at radius 3 is 2.50 bits per heavy atom. The normalized spacial score (nSPS) is 12.6. The molecule has 1 atom stereocenters. The number of benzene rings is 1. The predicted octanol–water partition coefficient (Wildman–Crippen LogP) is 3.06. The fraction of sp³-hybridized carbons (Fsp3) is 0.500. The van der Waals surface area contributed by atoms with Gasteiger partial charge in [-0.05, 0) is 44.4 Å². The zero-order chi connectivity index (χ0) is 10.7. The summed E-state index contributed by atoms with van der Waals surface area (Å²) in [4.78, 5) is 0. The maximum Gasteiger partial charge on any atom is 0.145 e. The van der Waals surface area contributed by atoms with Gasteiger partial charge >= 0.3 is 0 Å². The minimum absolute atomic E-state index is 0.221. The number of aryl methyl sites for hydroxylation is 2. The van der Waals surface area contributed by atoms with Crippen LogP contribution in [0, 0.1) is 13.8 Å². The van der Waals surface area contributed by atoms with E-state index in [-0.39, 0.29) is 6.10 Å². The van der Waals surface area contributed by atoms with E-state index in [1.807, 2.05) is 19.9 Å². The van der Waals surface area contributed by atoms with Crippen LogP contribution in [-0.4, -0.2) is 6.10 Å². The first-order chi connectivity index (χ1) is 6.54. The van der Waals surface area contributed by atoms with Gasteiger partial charge in [0, 0.05) is 0 Å². The van der Waals surface area contributed by atoms with Gasteiger partial charge in [-0.2, -0.15) is 0 Å². The number of anilines is 1. The molecule has 1 unspecified atom stereocenters. The molecule has 0 aliphatic heterocycles. The number of nitrogen functional groups attached to an aromatic ring is 1. The largest absolute Gasteiger partial charge is 0.488 e. The van der Waals surface area contributed by atoms with Crippen molar-refractivity contribution in [1.82, 2.24) is 0 Å². The van der Waals surface area contributed by atoms with Gasteiger partial charge in [-0.3, -0.25) is 0 Å². The van der Waals surface area contributed by atoms with Crippen LogP contribution in [-0.2, 0) is 0 Å². The molecule has 1 rings (SSSR count). The topological polar surface area (TPSA) is 35.2 Å². The Kier molecular flexibility index (Phi) is 3.39. The van der Waals surface area contributed by atoms with E-state index >= 15 is 0 Å². The Bertz CT molecular complexity index is 297. The summed E-state index contributed by atoms with van der Waals surface area (Å²) < 4.78 is 5.76. The summed E-state index contributed by atoms with van der Waals surface area (Å²) in [5.41, 5.74) is 8.93. The Morgan fingerprint density at radius 1 is 1.36 bits per heavy atom. The van der Waals surface area contributed by atoms with Crippen molar-refractivity contribution >= 4 is 5.69 Å². The van der Waals surface area contributed by atoms with Crippen LogP contribution in [0.4, 0.5) is 5.69 Å². The van der Waals surface area contributed by atoms with Crippen molar-refractivity contribution in [2.24, 2.45) is 0 Å². The van der Waals surface area contributed by atoms with Crippen molar-refractivity contribution in [2.45, 2.75) is 40.2 Å². The zero-order valence-corrected chi connectivity index (χ0v) is 9.42. The molecule has 0 aliphatic carbocycles. The maximum atomic E-state index is 5.90. The van der Waals surface area contributed by atoms with Crippen LogP contribution >= 0.6 is 0 Å². The molecule has 0 aromatic heterocycles. The molecule has 1 aromatic carbocycles. The molecule has 0 saturated carbocycles. The quantitative estimate of drug-likeness (QED) is 0.749. The number of hydrogen-bond donors (Lipinski definition) is 1. The van der Waals surface area contributed by atoms with Gasteiger partial charge < -0.3 is 10.5 Å². The van der Waals surface area contributed by atoms with E-state index in [4.69, 9.17) is 10.5 Å². The summed E-state index contributed by atoms with van der Waals surface area (Å²) in [6, 6.07) is 4.04. The summed E-state index contributed by atoms with van der Waals surface area (Å²) in [5, 5.41) is 0. The smallest absolute Gasteiger partial charge is 0.145 e. The van der Waals surface area contributed by atoms with Crippen molar-refractivity contribution in [3.05, 3.63) is 23.3 Å². The Hall–Kier alpha value is -1.18. The molecule has 0 radical (unpaired) electrons. The summed E-state index contributed by atoms with van der Waals surface area (Å²) >= 11 is 0. The third kappa shape index (κ3) is 2.41. The molecular formula is C12H19NO. The second-order valence-electron chi connectivity index (χ2n) is 3.84. The first-order valence-electron chi connectivity index (χ1n) is 5.08. The third-order valence-electron chi connectivity index (χ3n) is 2.34. The van der Waals surface area contributed by atoms with Gasteiger partial charge in [0.15, 0.2) is 0 Å². The molecule has 0 spiro atoms. The maximum absolute atomic E-state index is 5.90. The molecule has 2 N–H and O–H groups in total. The summed E-state index contributed by atoms with van der Waals surface area (Å²) in [6.45, 7) is 8.22. The lowest BCUT2D eigenvalue weighted by Crippen LogP contribution is -2.12. The van der Waals surface area contributed by atoms with Crippen LogP contribution in [0.1, 0.15) is 31.4 Å². The molecule has 0 bridgehead atoms. The molecule has 0 aliphatic rings. The van der Waals surface area contributed by atoms with Gasteiger partial charge in [-0.25, -0.2) is 0 Å². The highest BCUT2D eigenvalue weighted by Crippen LogP contribution is 2.28. The Balaban J connectivity index is 2.96. The average Bonchev–Trinajstić information content (AvgIpc) is 2.10. The Labute approximate surface area is 86.1 Å². The first kappa shape index (κ1) is 10.9. The summed E-state index contributed by atoms with van der Waals surface area (Å²) in [5.74, 6) is 0.838. The van der Waals surface area contributed by atoms with E-state index < -0.39 is 0 Å². The number of hydrogen-bond acceptors (Lipinski definition) is 2. The van der Waals surface area contributed by atoms with E-state index in [2.05, 4.69) is 19.9 Å². The van der Waals surface area contributed by atoms with E-state index in [1.54, 1.807) is 0 Å². The fourth-order valence-electron chi connectivity index (χ4n) is 1.43. The fourth-order valence-corrected chi connectivity index (χ4v) is 1.43. The molecule has 1 aromatic rings. The second-order valence-corrected chi connectivity index (χ2v) is 3.84. The van der Waals surface area contributed by atoms with Gasteiger partial charge in [0.1, 0.15) is 5.75 Å². The van der Waals surface area contributed by atoms with Gasteiger partial charge in [-0.1, -0.05) is 13.0 Å². The van der Waals surface area contributed by atoms with Crippen LogP contribution in [0.25, 0.3) is 0 Å². The standard InChI is InChI=1S/C12H19NO/c1-5-10(4)14-12-9(3)6-8(2)7-11(12)13/h6-7,10H,5,13H2,1-4H3. The lowest BCUT2D eigenvalue weighted by Gasteiger charge is -2.17. The Morgan fingerprint density at radius 2 is 2.00 bits per heavy atom. The van der Waals surface area contributed by atoms with Crippen LogP contribution in [0.2, 0.25) is 0 Å². The van der Waals surface area contributed by atoms with E-state index in [0.717, 1.165) is 23.4 Å². The molecule has 0 amide bonds. The van der Waals surface area contributed by atoms with Gasteiger partial charge in [0.2, 0.25) is 0 Å². The highest BCUT2D eigenvalue weighted by Gasteiger charge is 2.08. The van der Waals surface area contributed by atoms with Crippen molar-refractivity contribution in [2.75, 3.05) is 5.73 Å². The lowest BCUT2D eigenvalue weighted by atomic mass is 10.1. The summed E-state index contributed by atoms with van der Waals surface area (Å²) in [6.07, 6.45) is 1.21. The molecule has 2 nitrogen and oxygen atoms in total. The van der Waals surface area contributed by atoms with Crippen molar-refractivity contribution in [1.29, 1.82) is 0 Å². The molecule has 0 heterocycles. The lowest BCUT2D eigenvalue weighted by molar-refractivity contribution is 0.217. The minimum atomic E-state index is 0.221. The average molecular weight is 193 g/mol. The minimum Gasteiger partial charge on any atom is -0.488 e. The van der Waals surface area contributed by atoms with Gasteiger partial charge in [-0.15, -0.1) is 0 Å². The van der Waals surface area contributed by atoms with Crippen LogP contribution in [0.3, 0.4) is 0 Å². The van der Waals surface area contributed by atoms with Crippen molar-refractivity contribution in [3.8, 4) is 5.75 Å². The van der Waals surface area contributed by atoms with Crippen molar-refractivity contribution in [3.63, 3.8) is 0 Å². The van der Waals surface area contributed by atoms with E-state index in [9.17, 15) is 0 Å². The van der Waals surface area contributed by atoms with E-state index in [0.29, 0.717) is 0 Å². The zero-order valence-electron chi connectivity index (χ0n) is 9.42. The highest BCUT2D eigenvalue weighted by atomic mass is 16.5. The molecule has 0 fully saturated rings. The first-order valence-corrected chi connectivity index (χ1v) is 5.08. The number of nitrogens with two attached hydrogens (primary N) is 1. The molecule has 0 saturated heterocycles. The predicted molar refractivity (Wildman–Crippen MR) is 60.7 cm³/mol. The molecular weight excluding hydrogens is 174 g/mol. The number of rotatable bonds is 3. The highest BCUT2D eigenvalue weighted by molar-refractivity contribution is 5.58. The monoisotopic (exact) mass is 193 g/mol. The van der Waals surface area contributed by atoms with Gasteiger partial charge in [0.05, 0.1) is 11.8 Å². The molecule has 78 valence electrons. The molecule has 14 heavy (non-hydrogen) atoms. The van der Waals surface area contributed by atoms with Crippen LogP contribution in [0.15, 0.2) is 12.1 Å².